The number of pyridine rings is 1. The zero-order valence-electron chi connectivity index (χ0n) is 16.9. The van der Waals surface area contributed by atoms with E-state index in [0.717, 1.165) is 23.5 Å². The molecule has 1 aromatic carbocycles. The van der Waals surface area contributed by atoms with Crippen molar-refractivity contribution in [3.63, 3.8) is 0 Å². The molecule has 1 saturated carbocycles. The van der Waals surface area contributed by atoms with Crippen LogP contribution in [0.3, 0.4) is 0 Å². The summed E-state index contributed by atoms with van der Waals surface area (Å²) in [4.78, 5) is 18.3. The van der Waals surface area contributed by atoms with Crippen LogP contribution in [-0.4, -0.2) is 39.6 Å². The molecule has 5 heteroatoms. The number of aliphatic hydroxyl groups is 1. The maximum absolute atomic E-state index is 12.8. The van der Waals surface area contributed by atoms with E-state index in [0.29, 0.717) is 0 Å². The smallest absolute Gasteiger partial charge is 0.273 e. The van der Waals surface area contributed by atoms with Crippen LogP contribution in [0, 0.1) is 29.1 Å². The first-order valence-corrected chi connectivity index (χ1v) is 10.6. The highest BCUT2D eigenvalue weighted by atomic mass is 16.3. The molecule has 0 radical (unpaired) electrons. The number of likely N-dealkylation sites (tertiary alicyclic amines) is 1. The van der Waals surface area contributed by atoms with Crippen molar-refractivity contribution in [2.45, 2.75) is 50.1 Å². The van der Waals surface area contributed by atoms with Gasteiger partial charge >= 0.3 is 0 Å². The lowest BCUT2D eigenvalue weighted by atomic mass is 9.75. The lowest BCUT2D eigenvalue weighted by molar-refractivity contribution is -0.00629. The average Bonchev–Trinajstić information content (AvgIpc) is 3.29. The number of nitrogens with zero attached hydrogens (tertiary/aromatic N) is 3. The van der Waals surface area contributed by atoms with Gasteiger partial charge in [0.25, 0.3) is 5.91 Å². The summed E-state index contributed by atoms with van der Waals surface area (Å²) in [6.45, 7) is -0.204. The summed E-state index contributed by atoms with van der Waals surface area (Å²) in [6, 6.07) is 14.1. The van der Waals surface area contributed by atoms with Gasteiger partial charge in [0.2, 0.25) is 0 Å². The molecule has 30 heavy (non-hydrogen) atoms. The maximum Gasteiger partial charge on any atom is 0.273 e. The van der Waals surface area contributed by atoms with Crippen LogP contribution in [0.2, 0.25) is 0 Å². The second-order valence-corrected chi connectivity index (χ2v) is 8.06. The van der Waals surface area contributed by atoms with Crippen LogP contribution in [0.15, 0.2) is 48.7 Å². The second-order valence-electron chi connectivity index (χ2n) is 8.06. The summed E-state index contributed by atoms with van der Waals surface area (Å²) < 4.78 is 0. The van der Waals surface area contributed by atoms with Crippen molar-refractivity contribution >= 4 is 5.91 Å². The fourth-order valence-corrected chi connectivity index (χ4v) is 4.61. The van der Waals surface area contributed by atoms with Gasteiger partial charge in [0.05, 0.1) is 18.7 Å². The number of benzene rings is 1. The van der Waals surface area contributed by atoms with Gasteiger partial charge in [-0.1, -0.05) is 42.9 Å². The third-order valence-corrected chi connectivity index (χ3v) is 6.24. The minimum absolute atomic E-state index is 0.204. The Labute approximate surface area is 177 Å². The van der Waals surface area contributed by atoms with Gasteiger partial charge in [-0.2, -0.15) is 5.26 Å². The van der Waals surface area contributed by atoms with Crippen molar-refractivity contribution in [2.75, 3.05) is 6.61 Å². The van der Waals surface area contributed by atoms with Gasteiger partial charge in [-0.05, 0) is 48.6 Å². The van der Waals surface area contributed by atoms with Crippen LogP contribution >= 0.6 is 0 Å². The van der Waals surface area contributed by atoms with E-state index in [9.17, 15) is 15.2 Å². The van der Waals surface area contributed by atoms with Crippen molar-refractivity contribution in [2.24, 2.45) is 5.92 Å². The van der Waals surface area contributed by atoms with Gasteiger partial charge in [-0.15, -0.1) is 0 Å². The zero-order valence-corrected chi connectivity index (χ0v) is 16.9. The average molecular weight is 399 g/mol. The molecule has 2 aliphatic rings. The van der Waals surface area contributed by atoms with Crippen LogP contribution in [0.5, 0.6) is 0 Å². The molecule has 0 bridgehead atoms. The Bertz CT molecular complexity index is 979. The standard InChI is InChI=1S/C25H25N3O2/c26-16-22-24(23(17-29)28(22)25(30)21-10-3-4-15-27-21)20-13-11-19(12-14-20)9-5-8-18-6-1-2-7-18/h3-4,10-15,18,22-24,29H,1-2,6-8,17H2/t22-,23-,24-/m0/s1. The zero-order chi connectivity index (χ0) is 20.9. The Kier molecular flexibility index (Phi) is 6.12. The summed E-state index contributed by atoms with van der Waals surface area (Å²) in [5.41, 5.74) is 2.17. The first-order chi connectivity index (χ1) is 14.7. The molecule has 1 aliphatic heterocycles. The Morgan fingerprint density at radius 1 is 1.17 bits per heavy atom. The molecule has 2 fully saturated rings. The van der Waals surface area contributed by atoms with Crippen LogP contribution in [0.25, 0.3) is 0 Å². The van der Waals surface area contributed by atoms with Gasteiger partial charge in [0.1, 0.15) is 11.7 Å². The summed E-state index contributed by atoms with van der Waals surface area (Å²) in [5, 5.41) is 19.6. The predicted octanol–water partition coefficient (Wildman–Crippen LogP) is 3.51. The van der Waals surface area contributed by atoms with E-state index < -0.39 is 12.1 Å². The van der Waals surface area contributed by atoms with E-state index >= 15 is 0 Å². The molecule has 3 atom stereocenters. The van der Waals surface area contributed by atoms with Crippen LogP contribution < -0.4 is 0 Å². The molecule has 2 heterocycles. The molecule has 1 aromatic heterocycles. The van der Waals surface area contributed by atoms with Crippen molar-refractivity contribution < 1.29 is 9.90 Å². The molecule has 4 rings (SSSR count). The number of aliphatic hydroxyl groups excluding tert-OH is 1. The summed E-state index contributed by atoms with van der Waals surface area (Å²) in [6.07, 6.45) is 7.75. The molecule has 1 N–H and O–H groups in total. The van der Waals surface area contributed by atoms with Crippen LogP contribution in [0.1, 0.15) is 59.6 Å². The largest absolute Gasteiger partial charge is 0.394 e. The summed E-state index contributed by atoms with van der Waals surface area (Å²) in [7, 11) is 0. The fourth-order valence-electron chi connectivity index (χ4n) is 4.61. The monoisotopic (exact) mass is 399 g/mol. The van der Waals surface area contributed by atoms with Crippen LogP contribution in [-0.2, 0) is 0 Å². The van der Waals surface area contributed by atoms with E-state index in [1.165, 1.54) is 30.6 Å². The molecule has 1 amide bonds. The highest BCUT2D eigenvalue weighted by Gasteiger charge is 2.52. The van der Waals surface area contributed by atoms with Gasteiger partial charge in [0, 0.05) is 24.1 Å². The highest BCUT2D eigenvalue weighted by molar-refractivity contribution is 5.94. The molecule has 152 valence electrons. The van der Waals surface area contributed by atoms with E-state index in [1.54, 1.807) is 24.4 Å². The number of amides is 1. The SMILES string of the molecule is N#C[C@H]1[C@H](c2ccc(C#CCC3CCCC3)cc2)[C@H](CO)N1C(=O)c1ccccn1. The summed E-state index contributed by atoms with van der Waals surface area (Å²) >= 11 is 0. The molecular formula is C25H25N3O2. The fraction of sp³-hybridized carbons (Fsp3) is 0.400. The van der Waals surface area contributed by atoms with Gasteiger partial charge in [0.15, 0.2) is 0 Å². The molecular weight excluding hydrogens is 374 g/mol. The van der Waals surface area contributed by atoms with E-state index in [4.69, 9.17) is 0 Å². The number of carbonyl (C=O) groups is 1. The number of hydrogen-bond acceptors (Lipinski definition) is 4. The van der Waals surface area contributed by atoms with Crippen molar-refractivity contribution in [1.29, 1.82) is 5.26 Å². The highest BCUT2D eigenvalue weighted by Crippen LogP contribution is 2.41. The quantitative estimate of drug-likeness (QED) is 0.798. The lowest BCUT2D eigenvalue weighted by Gasteiger charge is -2.51. The normalized spacial score (nSPS) is 23.2. The van der Waals surface area contributed by atoms with E-state index in [-0.39, 0.29) is 24.1 Å². The van der Waals surface area contributed by atoms with E-state index in [2.05, 4.69) is 22.9 Å². The lowest BCUT2D eigenvalue weighted by Crippen LogP contribution is -2.65. The minimum atomic E-state index is -0.629. The Hall–Kier alpha value is -3.15. The minimum Gasteiger partial charge on any atom is -0.394 e. The van der Waals surface area contributed by atoms with Crippen molar-refractivity contribution in [1.82, 2.24) is 9.88 Å². The summed E-state index contributed by atoms with van der Waals surface area (Å²) in [5.74, 6) is 6.72. The van der Waals surface area contributed by atoms with Gasteiger partial charge in [-0.3, -0.25) is 9.78 Å². The Balaban J connectivity index is 1.47. The first-order valence-electron chi connectivity index (χ1n) is 10.6. The van der Waals surface area contributed by atoms with Crippen molar-refractivity contribution in [3.8, 4) is 17.9 Å². The van der Waals surface area contributed by atoms with E-state index in [1.807, 2.05) is 24.3 Å². The first kappa shape index (κ1) is 20.1. The maximum atomic E-state index is 12.8. The predicted molar refractivity (Wildman–Crippen MR) is 113 cm³/mol. The van der Waals surface area contributed by atoms with Crippen LogP contribution in [0.4, 0.5) is 0 Å². The molecule has 2 aromatic rings. The topological polar surface area (TPSA) is 77.2 Å². The third kappa shape index (κ3) is 3.95. The number of hydrogen-bond donors (Lipinski definition) is 1. The molecule has 1 saturated heterocycles. The van der Waals surface area contributed by atoms with Gasteiger partial charge < -0.3 is 10.0 Å². The molecule has 1 aliphatic carbocycles. The van der Waals surface area contributed by atoms with Gasteiger partial charge in [-0.25, -0.2) is 0 Å². The Morgan fingerprint density at radius 3 is 2.57 bits per heavy atom. The number of carbonyl (C=O) groups excluding carboxylic acids is 1. The van der Waals surface area contributed by atoms with Crippen molar-refractivity contribution in [3.05, 3.63) is 65.5 Å². The number of aromatic nitrogens is 1. The third-order valence-electron chi connectivity index (χ3n) is 6.24. The molecule has 0 spiro atoms. The molecule has 0 unspecified atom stereocenters. The Morgan fingerprint density at radius 2 is 1.93 bits per heavy atom. The number of nitriles is 1. The second kappa shape index (κ2) is 9.11. The molecule has 5 nitrogen and oxygen atoms in total. The number of rotatable bonds is 4.